The minimum absolute atomic E-state index is 0.483. The Morgan fingerprint density at radius 2 is 2.50 bits per heavy atom. The van der Waals surface area contributed by atoms with Crippen molar-refractivity contribution in [2.45, 2.75) is 6.92 Å². The molecule has 0 saturated heterocycles. The third-order valence-electron chi connectivity index (χ3n) is 1.39. The molecule has 1 aromatic rings. The van der Waals surface area contributed by atoms with Gasteiger partial charge < -0.3 is 9.84 Å². The van der Waals surface area contributed by atoms with E-state index in [1.54, 1.807) is 12.3 Å². The SMILES string of the molecule is CCOc1ccncc1C#CC(=O)O. The number of hydrogen-bond acceptors (Lipinski definition) is 3. The maximum Gasteiger partial charge on any atom is 0.382 e. The first kappa shape index (κ1) is 10.1. The van der Waals surface area contributed by atoms with Crippen LogP contribution in [0.4, 0.5) is 0 Å². The van der Waals surface area contributed by atoms with Gasteiger partial charge in [-0.15, -0.1) is 0 Å². The lowest BCUT2D eigenvalue weighted by Gasteiger charge is -2.03. The van der Waals surface area contributed by atoms with E-state index in [9.17, 15) is 4.79 Å². The fourth-order valence-electron chi connectivity index (χ4n) is 0.878. The molecule has 1 rings (SSSR count). The summed E-state index contributed by atoms with van der Waals surface area (Å²) in [7, 11) is 0. The molecule has 0 unspecified atom stereocenters. The van der Waals surface area contributed by atoms with Gasteiger partial charge in [-0.1, -0.05) is 0 Å². The highest BCUT2D eigenvalue weighted by Crippen LogP contribution is 2.14. The summed E-state index contributed by atoms with van der Waals surface area (Å²) in [6.07, 6.45) is 3.04. The van der Waals surface area contributed by atoms with E-state index in [-0.39, 0.29) is 0 Å². The first-order chi connectivity index (χ1) is 6.74. The van der Waals surface area contributed by atoms with Crippen molar-refractivity contribution in [1.82, 2.24) is 4.98 Å². The summed E-state index contributed by atoms with van der Waals surface area (Å²) in [4.78, 5) is 14.0. The Bertz CT molecular complexity index is 390. The zero-order valence-corrected chi connectivity index (χ0v) is 7.65. The minimum Gasteiger partial charge on any atom is -0.492 e. The van der Waals surface area contributed by atoms with Gasteiger partial charge in [0.1, 0.15) is 5.75 Å². The van der Waals surface area contributed by atoms with Gasteiger partial charge >= 0.3 is 5.97 Å². The Morgan fingerprint density at radius 3 is 3.14 bits per heavy atom. The van der Waals surface area contributed by atoms with Gasteiger partial charge in [-0.3, -0.25) is 4.98 Å². The topological polar surface area (TPSA) is 59.4 Å². The number of carboxylic acids is 1. The second-order valence-corrected chi connectivity index (χ2v) is 2.36. The second-order valence-electron chi connectivity index (χ2n) is 2.36. The van der Waals surface area contributed by atoms with E-state index in [1.165, 1.54) is 6.20 Å². The van der Waals surface area contributed by atoms with Gasteiger partial charge in [-0.2, -0.15) is 0 Å². The molecule has 0 bridgehead atoms. The molecule has 1 heterocycles. The first-order valence-corrected chi connectivity index (χ1v) is 4.05. The molecule has 0 aliphatic rings. The average molecular weight is 191 g/mol. The molecule has 0 aliphatic carbocycles. The minimum atomic E-state index is -1.17. The summed E-state index contributed by atoms with van der Waals surface area (Å²) < 4.78 is 5.23. The van der Waals surface area contributed by atoms with E-state index in [4.69, 9.17) is 9.84 Å². The van der Waals surface area contributed by atoms with Crippen LogP contribution >= 0.6 is 0 Å². The number of nitrogens with zero attached hydrogens (tertiary/aromatic N) is 1. The van der Waals surface area contributed by atoms with Crippen LogP contribution in [0.15, 0.2) is 18.5 Å². The third kappa shape index (κ3) is 2.79. The van der Waals surface area contributed by atoms with E-state index in [1.807, 2.05) is 12.8 Å². The highest BCUT2D eigenvalue weighted by atomic mass is 16.5. The fraction of sp³-hybridized carbons (Fsp3) is 0.200. The van der Waals surface area contributed by atoms with Gasteiger partial charge in [0.25, 0.3) is 0 Å². The Labute approximate surface area is 81.5 Å². The van der Waals surface area contributed by atoms with Crippen LogP contribution in [0.3, 0.4) is 0 Å². The molecular weight excluding hydrogens is 182 g/mol. The standard InChI is InChI=1S/C10H9NO3/c1-2-14-9-5-6-11-7-8(9)3-4-10(12)13/h5-7H,2H2,1H3,(H,12,13). The molecule has 0 spiro atoms. The number of carbonyl (C=O) groups is 1. The summed E-state index contributed by atoms with van der Waals surface area (Å²) in [6, 6.07) is 1.65. The molecule has 14 heavy (non-hydrogen) atoms. The maximum absolute atomic E-state index is 10.2. The Hall–Kier alpha value is -2.02. The molecule has 0 fully saturated rings. The number of ether oxygens (including phenoxy) is 1. The first-order valence-electron chi connectivity index (χ1n) is 4.05. The molecule has 0 saturated carbocycles. The summed E-state index contributed by atoms with van der Waals surface area (Å²) in [6.45, 7) is 2.35. The van der Waals surface area contributed by atoms with Gasteiger partial charge in [0.05, 0.1) is 12.2 Å². The van der Waals surface area contributed by atoms with Crippen molar-refractivity contribution in [1.29, 1.82) is 0 Å². The fourth-order valence-corrected chi connectivity index (χ4v) is 0.878. The number of hydrogen-bond donors (Lipinski definition) is 1. The van der Waals surface area contributed by atoms with Crippen molar-refractivity contribution < 1.29 is 14.6 Å². The number of rotatable bonds is 2. The average Bonchev–Trinajstić information content (AvgIpc) is 2.17. The van der Waals surface area contributed by atoms with Crippen molar-refractivity contribution in [3.8, 4) is 17.6 Å². The molecule has 1 N–H and O–H groups in total. The van der Waals surface area contributed by atoms with Gasteiger partial charge in [0, 0.05) is 18.3 Å². The van der Waals surface area contributed by atoms with Crippen molar-refractivity contribution in [2.24, 2.45) is 0 Å². The lowest BCUT2D eigenvalue weighted by Crippen LogP contribution is -1.95. The molecule has 4 heteroatoms. The van der Waals surface area contributed by atoms with Crippen LogP contribution in [0.2, 0.25) is 0 Å². The molecule has 72 valence electrons. The van der Waals surface area contributed by atoms with E-state index in [0.717, 1.165) is 0 Å². The van der Waals surface area contributed by atoms with Gasteiger partial charge in [0.2, 0.25) is 0 Å². The van der Waals surface area contributed by atoms with Crippen molar-refractivity contribution >= 4 is 5.97 Å². The Morgan fingerprint density at radius 1 is 1.71 bits per heavy atom. The molecule has 0 aliphatic heterocycles. The second kappa shape index (κ2) is 4.87. The summed E-state index contributed by atoms with van der Waals surface area (Å²) in [5.74, 6) is 3.85. The quantitative estimate of drug-likeness (QED) is 0.706. The highest BCUT2D eigenvalue weighted by molar-refractivity contribution is 5.87. The maximum atomic E-state index is 10.2. The molecule has 4 nitrogen and oxygen atoms in total. The summed E-state index contributed by atoms with van der Waals surface area (Å²) >= 11 is 0. The van der Waals surface area contributed by atoms with Gasteiger partial charge in [-0.25, -0.2) is 4.79 Å². The molecular formula is C10H9NO3. The van der Waals surface area contributed by atoms with E-state index in [2.05, 4.69) is 10.9 Å². The molecule has 0 amide bonds. The van der Waals surface area contributed by atoms with Crippen LogP contribution in [-0.4, -0.2) is 22.7 Å². The van der Waals surface area contributed by atoms with Crippen molar-refractivity contribution in [3.63, 3.8) is 0 Å². The number of aromatic nitrogens is 1. The van der Waals surface area contributed by atoms with E-state index in [0.29, 0.717) is 17.9 Å². The lowest BCUT2D eigenvalue weighted by atomic mass is 10.2. The molecule has 0 aromatic carbocycles. The molecule has 1 aromatic heterocycles. The van der Waals surface area contributed by atoms with Crippen LogP contribution in [0.25, 0.3) is 0 Å². The summed E-state index contributed by atoms with van der Waals surface area (Å²) in [5, 5.41) is 8.36. The van der Waals surface area contributed by atoms with Crippen LogP contribution in [0, 0.1) is 11.8 Å². The largest absolute Gasteiger partial charge is 0.492 e. The van der Waals surface area contributed by atoms with Gasteiger partial charge in [-0.05, 0) is 18.9 Å². The zero-order chi connectivity index (χ0) is 10.4. The van der Waals surface area contributed by atoms with Crippen LogP contribution in [0.5, 0.6) is 5.75 Å². The Kier molecular flexibility index (Phi) is 3.50. The summed E-state index contributed by atoms with van der Waals surface area (Å²) in [5.41, 5.74) is 0.483. The Balaban J connectivity index is 2.97. The predicted octanol–water partition coefficient (Wildman–Crippen LogP) is 0.916. The van der Waals surface area contributed by atoms with Crippen LogP contribution in [0.1, 0.15) is 12.5 Å². The van der Waals surface area contributed by atoms with Crippen LogP contribution in [-0.2, 0) is 4.79 Å². The number of carboxylic acid groups (broad SMARTS) is 1. The van der Waals surface area contributed by atoms with Crippen molar-refractivity contribution in [3.05, 3.63) is 24.0 Å². The molecule has 0 atom stereocenters. The monoisotopic (exact) mass is 191 g/mol. The lowest BCUT2D eigenvalue weighted by molar-refractivity contribution is -0.130. The normalized spacial score (nSPS) is 8.64. The smallest absolute Gasteiger partial charge is 0.382 e. The molecule has 0 radical (unpaired) electrons. The number of aliphatic carboxylic acids is 1. The van der Waals surface area contributed by atoms with Crippen LogP contribution < -0.4 is 4.74 Å². The van der Waals surface area contributed by atoms with Crippen molar-refractivity contribution in [2.75, 3.05) is 6.61 Å². The van der Waals surface area contributed by atoms with E-state index >= 15 is 0 Å². The zero-order valence-electron chi connectivity index (χ0n) is 7.65. The van der Waals surface area contributed by atoms with E-state index < -0.39 is 5.97 Å². The number of pyridine rings is 1. The highest BCUT2D eigenvalue weighted by Gasteiger charge is 1.99. The third-order valence-corrected chi connectivity index (χ3v) is 1.39. The predicted molar refractivity (Wildman–Crippen MR) is 49.9 cm³/mol. The van der Waals surface area contributed by atoms with Gasteiger partial charge in [0.15, 0.2) is 0 Å².